The summed E-state index contributed by atoms with van der Waals surface area (Å²) in [5, 5.41) is 2.52. The average Bonchev–Trinajstić information content (AvgIpc) is 2.64. The fourth-order valence-electron chi connectivity index (χ4n) is 3.17. The number of nitrogens with zero attached hydrogens (tertiary/aromatic N) is 2. The van der Waals surface area contributed by atoms with Crippen LogP contribution in [0.2, 0.25) is 0 Å². The molecule has 0 aromatic heterocycles. The van der Waals surface area contributed by atoms with E-state index in [9.17, 15) is 14.4 Å². The molecule has 0 radical (unpaired) electrons. The van der Waals surface area contributed by atoms with Crippen molar-refractivity contribution < 1.29 is 14.4 Å². The Morgan fingerprint density at radius 2 is 2.00 bits per heavy atom. The molecule has 7 heteroatoms. The lowest BCUT2D eigenvalue weighted by Gasteiger charge is -2.34. The maximum absolute atomic E-state index is 12.6. The second-order valence-corrected chi connectivity index (χ2v) is 5.72. The van der Waals surface area contributed by atoms with Gasteiger partial charge in [0.15, 0.2) is 0 Å². The van der Waals surface area contributed by atoms with E-state index in [1.165, 1.54) is 4.90 Å². The maximum atomic E-state index is 12.6. The van der Waals surface area contributed by atoms with Crippen molar-refractivity contribution in [3.8, 4) is 0 Å². The molecule has 0 aromatic rings. The molecule has 0 bridgehead atoms. The first-order valence-corrected chi connectivity index (χ1v) is 7.46. The van der Waals surface area contributed by atoms with Crippen molar-refractivity contribution in [1.82, 2.24) is 15.1 Å². The fourth-order valence-corrected chi connectivity index (χ4v) is 3.17. The van der Waals surface area contributed by atoms with Crippen molar-refractivity contribution in [2.24, 2.45) is 5.73 Å². The van der Waals surface area contributed by atoms with E-state index in [0.29, 0.717) is 24.2 Å². The molecule has 0 saturated heterocycles. The highest BCUT2D eigenvalue weighted by molar-refractivity contribution is 6.19. The second kappa shape index (κ2) is 5.48. The summed E-state index contributed by atoms with van der Waals surface area (Å²) in [6.07, 6.45) is 4.26. The van der Waals surface area contributed by atoms with Crippen LogP contribution in [0, 0.1) is 0 Å². The molecule has 3 N–H and O–H groups in total. The highest BCUT2D eigenvalue weighted by atomic mass is 16.2. The molecule has 21 heavy (non-hydrogen) atoms. The minimum absolute atomic E-state index is 0.0512. The highest BCUT2D eigenvalue weighted by Crippen LogP contribution is 2.36. The fraction of sp³-hybridized carbons (Fsp3) is 0.643. The smallest absolute Gasteiger partial charge is 0.277 e. The van der Waals surface area contributed by atoms with Crippen LogP contribution in [0.3, 0.4) is 0 Å². The topological polar surface area (TPSA) is 95.7 Å². The van der Waals surface area contributed by atoms with Crippen molar-refractivity contribution in [2.45, 2.75) is 38.1 Å². The summed E-state index contributed by atoms with van der Waals surface area (Å²) < 4.78 is 0. The summed E-state index contributed by atoms with van der Waals surface area (Å²) in [7, 11) is 0. The second-order valence-electron chi connectivity index (χ2n) is 5.72. The Labute approximate surface area is 123 Å². The van der Waals surface area contributed by atoms with E-state index >= 15 is 0 Å². The van der Waals surface area contributed by atoms with Gasteiger partial charge in [-0.3, -0.25) is 19.3 Å². The van der Waals surface area contributed by atoms with Gasteiger partial charge in [-0.25, -0.2) is 0 Å². The highest BCUT2D eigenvalue weighted by Gasteiger charge is 2.46. The van der Waals surface area contributed by atoms with E-state index in [4.69, 9.17) is 5.73 Å². The standard InChI is InChI=1S/C14H20N4O3/c15-8-16-11(19)7-17-6-2-5-10-12(17)14(21)18(13(10)20)9-3-1-4-9/h9H,1-8,15H2,(H,16,19). The van der Waals surface area contributed by atoms with Crippen molar-refractivity contribution in [2.75, 3.05) is 19.8 Å². The van der Waals surface area contributed by atoms with Gasteiger partial charge in [-0.15, -0.1) is 0 Å². The van der Waals surface area contributed by atoms with E-state index < -0.39 is 0 Å². The molecule has 114 valence electrons. The Bertz CT molecular complexity index is 524. The minimum atomic E-state index is -0.228. The molecule has 3 aliphatic rings. The number of amides is 3. The van der Waals surface area contributed by atoms with Gasteiger partial charge >= 0.3 is 0 Å². The van der Waals surface area contributed by atoms with Crippen LogP contribution in [0.5, 0.6) is 0 Å². The molecule has 1 fully saturated rings. The Kier molecular flexibility index (Phi) is 3.67. The average molecular weight is 292 g/mol. The van der Waals surface area contributed by atoms with Crippen molar-refractivity contribution in [3.05, 3.63) is 11.3 Å². The molecular formula is C14H20N4O3. The molecule has 2 heterocycles. The lowest BCUT2D eigenvalue weighted by atomic mass is 9.91. The molecule has 3 amide bonds. The van der Waals surface area contributed by atoms with Crippen LogP contribution in [-0.2, 0) is 14.4 Å². The molecule has 7 nitrogen and oxygen atoms in total. The van der Waals surface area contributed by atoms with E-state index in [2.05, 4.69) is 5.32 Å². The van der Waals surface area contributed by atoms with Gasteiger partial charge in [0.1, 0.15) is 5.70 Å². The predicted molar refractivity (Wildman–Crippen MR) is 74.5 cm³/mol. The first-order chi connectivity index (χ1) is 10.1. The number of hydrogen-bond acceptors (Lipinski definition) is 5. The quantitative estimate of drug-likeness (QED) is 0.527. The zero-order valence-corrected chi connectivity index (χ0v) is 11.9. The predicted octanol–water partition coefficient (Wildman–Crippen LogP) is -0.710. The first-order valence-electron chi connectivity index (χ1n) is 7.46. The molecule has 1 saturated carbocycles. The molecule has 2 aliphatic heterocycles. The molecule has 0 aromatic carbocycles. The zero-order valence-electron chi connectivity index (χ0n) is 11.9. The minimum Gasteiger partial charge on any atom is -0.357 e. The van der Waals surface area contributed by atoms with E-state index in [1.54, 1.807) is 4.90 Å². The lowest BCUT2D eigenvalue weighted by Crippen LogP contribution is -2.46. The van der Waals surface area contributed by atoms with Gasteiger partial charge in [0.05, 0.1) is 13.2 Å². The summed E-state index contributed by atoms with van der Waals surface area (Å²) in [4.78, 5) is 39.9. The third-order valence-corrected chi connectivity index (χ3v) is 4.43. The van der Waals surface area contributed by atoms with Gasteiger partial charge in [0.25, 0.3) is 11.8 Å². The maximum Gasteiger partial charge on any atom is 0.277 e. The normalized spacial score (nSPS) is 22.5. The summed E-state index contributed by atoms with van der Waals surface area (Å²) >= 11 is 0. The van der Waals surface area contributed by atoms with Crippen LogP contribution in [0.15, 0.2) is 11.3 Å². The Morgan fingerprint density at radius 3 is 2.62 bits per heavy atom. The number of rotatable bonds is 4. The monoisotopic (exact) mass is 292 g/mol. The largest absolute Gasteiger partial charge is 0.357 e. The number of carbonyl (C=O) groups is 3. The summed E-state index contributed by atoms with van der Waals surface area (Å²) in [6.45, 7) is 0.765. The van der Waals surface area contributed by atoms with Crippen LogP contribution in [-0.4, -0.2) is 53.3 Å². The SMILES string of the molecule is NCNC(=O)CN1CCCC2=C1C(=O)N(C1CCC1)C2=O. The van der Waals surface area contributed by atoms with Gasteiger partial charge in [0, 0.05) is 18.2 Å². The molecule has 0 spiro atoms. The van der Waals surface area contributed by atoms with Crippen LogP contribution < -0.4 is 11.1 Å². The van der Waals surface area contributed by atoms with Gasteiger partial charge in [-0.1, -0.05) is 0 Å². The Morgan fingerprint density at radius 1 is 1.24 bits per heavy atom. The van der Waals surface area contributed by atoms with Crippen molar-refractivity contribution in [3.63, 3.8) is 0 Å². The number of nitrogens with one attached hydrogen (secondary N) is 1. The van der Waals surface area contributed by atoms with Crippen LogP contribution >= 0.6 is 0 Å². The molecular weight excluding hydrogens is 272 g/mol. The van der Waals surface area contributed by atoms with Crippen LogP contribution in [0.25, 0.3) is 0 Å². The van der Waals surface area contributed by atoms with Crippen molar-refractivity contribution >= 4 is 17.7 Å². The zero-order chi connectivity index (χ0) is 15.0. The van der Waals surface area contributed by atoms with E-state index in [1.807, 2.05) is 0 Å². The Balaban J connectivity index is 1.80. The summed E-state index contributed by atoms with van der Waals surface area (Å²) in [6, 6.07) is 0.0512. The molecule has 0 atom stereocenters. The lowest BCUT2D eigenvalue weighted by molar-refractivity contribution is -0.142. The first kappa shape index (κ1) is 14.1. The molecule has 1 aliphatic carbocycles. The van der Waals surface area contributed by atoms with Gasteiger partial charge in [-0.2, -0.15) is 0 Å². The van der Waals surface area contributed by atoms with Crippen LogP contribution in [0.4, 0.5) is 0 Å². The van der Waals surface area contributed by atoms with Gasteiger partial charge < -0.3 is 16.0 Å². The number of hydrogen-bond donors (Lipinski definition) is 2. The molecule has 0 unspecified atom stereocenters. The number of imide groups is 1. The van der Waals surface area contributed by atoms with Crippen LogP contribution in [0.1, 0.15) is 32.1 Å². The Hall–Kier alpha value is -1.89. The number of nitrogens with two attached hydrogens (primary N) is 1. The summed E-state index contributed by atoms with van der Waals surface area (Å²) in [5.74, 6) is -0.600. The third kappa shape index (κ3) is 2.31. The van der Waals surface area contributed by atoms with Crippen molar-refractivity contribution in [1.29, 1.82) is 0 Å². The van der Waals surface area contributed by atoms with E-state index in [-0.39, 0.29) is 37.0 Å². The number of carbonyl (C=O) groups excluding carboxylic acids is 3. The van der Waals surface area contributed by atoms with Gasteiger partial charge in [-0.05, 0) is 32.1 Å². The molecule has 3 rings (SSSR count). The third-order valence-electron chi connectivity index (χ3n) is 4.43. The summed E-state index contributed by atoms with van der Waals surface area (Å²) in [5.41, 5.74) is 6.30. The van der Waals surface area contributed by atoms with Gasteiger partial charge in [0.2, 0.25) is 5.91 Å². The van der Waals surface area contributed by atoms with E-state index in [0.717, 1.165) is 25.7 Å².